The number of hydrogen-bond donors (Lipinski definition) is 2. The summed E-state index contributed by atoms with van der Waals surface area (Å²) in [6.07, 6.45) is 12.7. The van der Waals surface area contributed by atoms with E-state index in [1.165, 1.54) is 32.1 Å². The molecule has 0 spiro atoms. The molecule has 7 nitrogen and oxygen atoms in total. The monoisotopic (exact) mass is 487 g/mol. The largest absolute Gasteiger partial charge is 0.481 e. The molecule has 34 heavy (non-hydrogen) atoms. The SMILES string of the molecule is CCOC(CCCCCCCCCCCCC(CC(=O)O)C(=O)NC(C)(C)C)(OCC)OCC. The number of unbranched alkanes of at least 4 members (excludes halogenated alkanes) is 9. The summed E-state index contributed by atoms with van der Waals surface area (Å²) in [5, 5.41) is 12.0. The molecule has 1 atom stereocenters. The van der Waals surface area contributed by atoms with Gasteiger partial charge >= 0.3 is 5.97 Å². The zero-order valence-electron chi connectivity index (χ0n) is 22.9. The van der Waals surface area contributed by atoms with Gasteiger partial charge in [-0.2, -0.15) is 0 Å². The minimum Gasteiger partial charge on any atom is -0.481 e. The lowest BCUT2D eigenvalue weighted by molar-refractivity contribution is -0.380. The number of rotatable bonds is 22. The van der Waals surface area contributed by atoms with Crippen molar-refractivity contribution in [3.8, 4) is 0 Å². The van der Waals surface area contributed by atoms with Crippen LogP contribution in [0.2, 0.25) is 0 Å². The Labute approximate surface area is 208 Å². The fourth-order valence-electron chi connectivity index (χ4n) is 4.16. The summed E-state index contributed by atoms with van der Waals surface area (Å²) in [6.45, 7) is 13.4. The van der Waals surface area contributed by atoms with Gasteiger partial charge in [-0.1, -0.05) is 57.8 Å². The molecule has 1 unspecified atom stereocenters. The first-order chi connectivity index (χ1) is 16.1. The Morgan fingerprint density at radius 1 is 0.735 bits per heavy atom. The second-order valence-electron chi connectivity index (χ2n) is 10.1. The summed E-state index contributed by atoms with van der Waals surface area (Å²) in [6, 6.07) is 0. The van der Waals surface area contributed by atoms with E-state index in [9.17, 15) is 9.59 Å². The molecule has 0 aliphatic rings. The summed E-state index contributed by atoms with van der Waals surface area (Å²) in [4.78, 5) is 23.5. The van der Waals surface area contributed by atoms with E-state index < -0.39 is 17.9 Å². The second kappa shape index (κ2) is 19.1. The Morgan fingerprint density at radius 2 is 1.15 bits per heavy atom. The number of carboxylic acids is 1. The topological polar surface area (TPSA) is 94.1 Å². The fourth-order valence-corrected chi connectivity index (χ4v) is 4.16. The van der Waals surface area contributed by atoms with Crippen LogP contribution >= 0.6 is 0 Å². The molecule has 0 aromatic rings. The van der Waals surface area contributed by atoms with Crippen LogP contribution in [0.15, 0.2) is 0 Å². The number of carbonyl (C=O) groups excluding carboxylic acids is 1. The first kappa shape index (κ1) is 32.8. The van der Waals surface area contributed by atoms with Crippen molar-refractivity contribution in [3.63, 3.8) is 0 Å². The van der Waals surface area contributed by atoms with Crippen molar-refractivity contribution in [3.05, 3.63) is 0 Å². The number of amides is 1. The van der Waals surface area contributed by atoms with Crippen LogP contribution < -0.4 is 5.32 Å². The highest BCUT2D eigenvalue weighted by Gasteiger charge is 2.31. The molecule has 7 heteroatoms. The highest BCUT2D eigenvalue weighted by Crippen LogP contribution is 2.24. The summed E-state index contributed by atoms with van der Waals surface area (Å²) in [5.41, 5.74) is -0.340. The third-order valence-electron chi connectivity index (χ3n) is 5.67. The normalized spacial score (nSPS) is 13.1. The van der Waals surface area contributed by atoms with E-state index in [2.05, 4.69) is 5.32 Å². The Balaban J connectivity index is 3.92. The molecule has 0 fully saturated rings. The Hall–Kier alpha value is -1.18. The smallest absolute Gasteiger partial charge is 0.304 e. The van der Waals surface area contributed by atoms with Crippen LogP contribution in [-0.2, 0) is 23.8 Å². The maximum Gasteiger partial charge on any atom is 0.304 e. The van der Waals surface area contributed by atoms with Crippen molar-refractivity contribution in [2.45, 2.75) is 137 Å². The number of aliphatic carboxylic acids is 1. The quantitative estimate of drug-likeness (QED) is 0.135. The Morgan fingerprint density at radius 3 is 1.53 bits per heavy atom. The zero-order chi connectivity index (χ0) is 25.9. The molecule has 0 saturated heterocycles. The van der Waals surface area contributed by atoms with E-state index >= 15 is 0 Å². The molecule has 1 amide bonds. The van der Waals surface area contributed by atoms with E-state index in [-0.39, 0.29) is 17.9 Å². The first-order valence-electron chi connectivity index (χ1n) is 13.5. The lowest BCUT2D eigenvalue weighted by Gasteiger charge is -2.32. The van der Waals surface area contributed by atoms with Gasteiger partial charge < -0.3 is 24.6 Å². The number of carbonyl (C=O) groups is 2. The fraction of sp³-hybridized carbons (Fsp3) is 0.926. The lowest BCUT2D eigenvalue weighted by Crippen LogP contribution is -2.44. The van der Waals surface area contributed by atoms with E-state index in [1.807, 2.05) is 41.5 Å². The van der Waals surface area contributed by atoms with Crippen LogP contribution in [0.25, 0.3) is 0 Å². The summed E-state index contributed by atoms with van der Waals surface area (Å²) < 4.78 is 17.3. The molecule has 0 aliphatic carbocycles. The molecule has 2 N–H and O–H groups in total. The third-order valence-corrected chi connectivity index (χ3v) is 5.67. The molecular formula is C27H53NO6. The van der Waals surface area contributed by atoms with Crippen LogP contribution in [0.5, 0.6) is 0 Å². The van der Waals surface area contributed by atoms with E-state index in [1.54, 1.807) is 0 Å². The summed E-state index contributed by atoms with van der Waals surface area (Å²) in [7, 11) is 0. The number of carboxylic acid groups (broad SMARTS) is 1. The van der Waals surface area contributed by atoms with Gasteiger partial charge in [-0.05, 0) is 54.4 Å². The molecule has 0 heterocycles. The van der Waals surface area contributed by atoms with Crippen LogP contribution in [0.3, 0.4) is 0 Å². The number of nitrogens with one attached hydrogen (secondary N) is 1. The van der Waals surface area contributed by atoms with Crippen LogP contribution in [0.1, 0.15) is 125 Å². The molecule has 0 radical (unpaired) electrons. The lowest BCUT2D eigenvalue weighted by atomic mass is 9.95. The zero-order valence-corrected chi connectivity index (χ0v) is 22.9. The van der Waals surface area contributed by atoms with E-state index in [4.69, 9.17) is 19.3 Å². The minimum atomic E-state index is -0.909. The van der Waals surface area contributed by atoms with Crippen molar-refractivity contribution in [2.24, 2.45) is 5.92 Å². The maximum atomic E-state index is 12.4. The van der Waals surface area contributed by atoms with Crippen molar-refractivity contribution >= 4 is 11.9 Å². The average molecular weight is 488 g/mol. The average Bonchev–Trinajstić information content (AvgIpc) is 2.72. The second-order valence-corrected chi connectivity index (χ2v) is 10.1. The van der Waals surface area contributed by atoms with E-state index in [0.717, 1.165) is 38.5 Å². The highest BCUT2D eigenvalue weighted by atomic mass is 16.9. The predicted octanol–water partition coefficient (Wildman–Crippen LogP) is 6.44. The predicted molar refractivity (Wildman–Crippen MR) is 137 cm³/mol. The number of hydrogen-bond acceptors (Lipinski definition) is 5. The molecule has 0 aromatic heterocycles. The van der Waals surface area contributed by atoms with E-state index in [0.29, 0.717) is 26.2 Å². The van der Waals surface area contributed by atoms with Crippen LogP contribution in [-0.4, -0.2) is 48.3 Å². The van der Waals surface area contributed by atoms with Gasteiger partial charge in [-0.3, -0.25) is 9.59 Å². The maximum absolute atomic E-state index is 12.4. The van der Waals surface area contributed by atoms with Gasteiger partial charge in [0.2, 0.25) is 5.91 Å². The minimum absolute atomic E-state index is 0.0945. The number of ether oxygens (including phenoxy) is 3. The van der Waals surface area contributed by atoms with Crippen molar-refractivity contribution in [2.75, 3.05) is 19.8 Å². The van der Waals surface area contributed by atoms with Gasteiger partial charge in [0.1, 0.15) is 0 Å². The van der Waals surface area contributed by atoms with Gasteiger partial charge in [-0.15, -0.1) is 0 Å². The van der Waals surface area contributed by atoms with Crippen molar-refractivity contribution in [1.82, 2.24) is 5.32 Å². The molecule has 0 rings (SSSR count). The van der Waals surface area contributed by atoms with Gasteiger partial charge in [-0.25, -0.2) is 0 Å². The molecule has 0 bridgehead atoms. The molecular weight excluding hydrogens is 434 g/mol. The van der Waals surface area contributed by atoms with Crippen LogP contribution in [0.4, 0.5) is 0 Å². The van der Waals surface area contributed by atoms with Crippen molar-refractivity contribution < 1.29 is 28.9 Å². The van der Waals surface area contributed by atoms with Gasteiger partial charge in [0.15, 0.2) is 0 Å². The Kier molecular flexibility index (Phi) is 18.4. The third kappa shape index (κ3) is 17.3. The highest BCUT2D eigenvalue weighted by molar-refractivity contribution is 5.83. The summed E-state index contributed by atoms with van der Waals surface area (Å²) in [5.74, 6) is -2.37. The van der Waals surface area contributed by atoms with Gasteiger partial charge in [0.05, 0.1) is 6.42 Å². The molecule has 202 valence electrons. The molecule has 0 aromatic carbocycles. The van der Waals surface area contributed by atoms with Gasteiger partial charge in [0.25, 0.3) is 5.97 Å². The van der Waals surface area contributed by atoms with Crippen LogP contribution in [0, 0.1) is 5.92 Å². The van der Waals surface area contributed by atoms with Gasteiger partial charge in [0, 0.05) is 37.7 Å². The molecule has 0 saturated carbocycles. The Bertz CT molecular complexity index is 515. The first-order valence-corrected chi connectivity index (χ1v) is 13.5. The van der Waals surface area contributed by atoms with Crippen molar-refractivity contribution in [1.29, 1.82) is 0 Å². The molecule has 0 aliphatic heterocycles. The standard InChI is InChI=1S/C27H53NO6/c1-7-32-27(33-8-2,34-9-3)21-19-17-15-13-11-10-12-14-16-18-20-23(22-24(29)30)25(31)28-26(4,5)6/h23H,7-22H2,1-6H3,(H,28,31)(H,29,30). The summed E-state index contributed by atoms with van der Waals surface area (Å²) >= 11 is 0.